The van der Waals surface area contributed by atoms with E-state index in [1.54, 1.807) is 11.1 Å². The third kappa shape index (κ3) is 1.70. The summed E-state index contributed by atoms with van der Waals surface area (Å²) in [5, 5.41) is 0. The molecule has 0 aromatic heterocycles. The number of benzene rings is 3. The van der Waals surface area contributed by atoms with Gasteiger partial charge in [0.05, 0.1) is 0 Å². The molecule has 0 aliphatic heterocycles. The van der Waals surface area contributed by atoms with Crippen LogP contribution in [-0.2, 0) is 19.3 Å². The summed E-state index contributed by atoms with van der Waals surface area (Å²) in [7, 11) is 0. The van der Waals surface area contributed by atoms with Gasteiger partial charge in [0.15, 0.2) is 0 Å². The van der Waals surface area contributed by atoms with Crippen molar-refractivity contribution in [3.8, 4) is 22.3 Å². The molecule has 22 heavy (non-hydrogen) atoms. The zero-order chi connectivity index (χ0) is 14.5. The molecule has 0 saturated heterocycles. The molecule has 5 rings (SSSR count). The monoisotopic (exact) mass is 282 g/mol. The molecule has 0 heterocycles. The third-order valence-electron chi connectivity index (χ3n) is 5.26. The van der Waals surface area contributed by atoms with E-state index in [9.17, 15) is 0 Å². The lowest BCUT2D eigenvalue weighted by atomic mass is 9.94. The predicted molar refractivity (Wildman–Crippen MR) is 92.1 cm³/mol. The standard InChI is InChI=1S/C22H18/c1-2-8-19-17(5-1)14-22-20(9-4-10-21(19)22)18-12-11-15-6-3-7-16(15)13-18/h1-2,4-5,8-13H,3,6-7,14H2. The first-order chi connectivity index (χ1) is 10.9. The molecule has 0 spiro atoms. The highest BCUT2D eigenvalue weighted by Crippen LogP contribution is 2.42. The molecule has 0 heteroatoms. The van der Waals surface area contributed by atoms with Gasteiger partial charge in [-0.2, -0.15) is 0 Å². The molecule has 3 aromatic carbocycles. The van der Waals surface area contributed by atoms with Crippen molar-refractivity contribution in [3.05, 3.63) is 82.9 Å². The van der Waals surface area contributed by atoms with Gasteiger partial charge in [0.2, 0.25) is 0 Å². The molecule has 2 aliphatic rings. The zero-order valence-corrected chi connectivity index (χ0v) is 12.6. The van der Waals surface area contributed by atoms with Crippen LogP contribution < -0.4 is 0 Å². The van der Waals surface area contributed by atoms with Gasteiger partial charge in [0, 0.05) is 0 Å². The van der Waals surface area contributed by atoms with E-state index < -0.39 is 0 Å². The minimum Gasteiger partial charge on any atom is -0.0619 e. The number of aryl methyl sites for hydroxylation is 2. The van der Waals surface area contributed by atoms with E-state index in [1.165, 1.54) is 52.6 Å². The minimum atomic E-state index is 1.07. The summed E-state index contributed by atoms with van der Waals surface area (Å²) in [6, 6.07) is 22.7. The molecule has 3 aromatic rings. The molecule has 0 atom stereocenters. The second-order valence-corrected chi connectivity index (χ2v) is 6.50. The fourth-order valence-corrected chi connectivity index (χ4v) is 4.17. The Morgan fingerprint density at radius 1 is 0.591 bits per heavy atom. The van der Waals surface area contributed by atoms with Gasteiger partial charge in [-0.25, -0.2) is 0 Å². The molecule has 0 N–H and O–H groups in total. The van der Waals surface area contributed by atoms with E-state index in [-0.39, 0.29) is 0 Å². The Morgan fingerprint density at radius 2 is 1.41 bits per heavy atom. The maximum atomic E-state index is 2.43. The molecule has 0 radical (unpaired) electrons. The van der Waals surface area contributed by atoms with Gasteiger partial charge in [-0.05, 0) is 70.2 Å². The highest BCUT2D eigenvalue weighted by molar-refractivity contribution is 5.84. The van der Waals surface area contributed by atoms with E-state index >= 15 is 0 Å². The van der Waals surface area contributed by atoms with Crippen LogP contribution in [0.25, 0.3) is 22.3 Å². The molecule has 0 amide bonds. The fraction of sp³-hybridized carbons (Fsp3) is 0.182. The highest BCUT2D eigenvalue weighted by Gasteiger charge is 2.21. The van der Waals surface area contributed by atoms with Crippen LogP contribution >= 0.6 is 0 Å². The third-order valence-corrected chi connectivity index (χ3v) is 5.26. The quantitative estimate of drug-likeness (QED) is 0.437. The molecule has 106 valence electrons. The van der Waals surface area contributed by atoms with E-state index in [2.05, 4.69) is 60.7 Å². The van der Waals surface area contributed by atoms with Crippen LogP contribution in [0.15, 0.2) is 60.7 Å². The van der Waals surface area contributed by atoms with Crippen molar-refractivity contribution >= 4 is 0 Å². The van der Waals surface area contributed by atoms with Crippen molar-refractivity contribution in [2.45, 2.75) is 25.7 Å². The van der Waals surface area contributed by atoms with Crippen molar-refractivity contribution in [1.29, 1.82) is 0 Å². The van der Waals surface area contributed by atoms with Gasteiger partial charge in [-0.15, -0.1) is 0 Å². The summed E-state index contributed by atoms with van der Waals surface area (Å²) in [5.74, 6) is 0. The Bertz CT molecular complexity index is 886. The summed E-state index contributed by atoms with van der Waals surface area (Å²) in [4.78, 5) is 0. The van der Waals surface area contributed by atoms with E-state index in [1.807, 2.05) is 0 Å². The fourth-order valence-electron chi connectivity index (χ4n) is 4.17. The van der Waals surface area contributed by atoms with Crippen LogP contribution in [0.2, 0.25) is 0 Å². The van der Waals surface area contributed by atoms with Crippen molar-refractivity contribution in [1.82, 2.24) is 0 Å². The van der Waals surface area contributed by atoms with Gasteiger partial charge in [-0.3, -0.25) is 0 Å². The number of fused-ring (bicyclic) bond motifs is 4. The topological polar surface area (TPSA) is 0 Å². The first-order valence-corrected chi connectivity index (χ1v) is 8.22. The lowest BCUT2D eigenvalue weighted by Crippen LogP contribution is -1.90. The Morgan fingerprint density at radius 3 is 2.41 bits per heavy atom. The molecule has 0 unspecified atom stereocenters. The molecule has 0 nitrogen and oxygen atoms in total. The summed E-state index contributed by atoms with van der Waals surface area (Å²) < 4.78 is 0. The lowest BCUT2D eigenvalue weighted by Gasteiger charge is -2.10. The maximum absolute atomic E-state index is 2.43. The Balaban J connectivity index is 1.69. The molecule has 2 aliphatic carbocycles. The van der Waals surface area contributed by atoms with Crippen LogP contribution in [-0.4, -0.2) is 0 Å². The Kier molecular flexibility index (Phi) is 2.54. The van der Waals surface area contributed by atoms with Crippen molar-refractivity contribution in [2.75, 3.05) is 0 Å². The van der Waals surface area contributed by atoms with Gasteiger partial charge in [0.25, 0.3) is 0 Å². The predicted octanol–water partition coefficient (Wildman–Crippen LogP) is 5.41. The average Bonchev–Trinajstić information content (AvgIpc) is 3.18. The van der Waals surface area contributed by atoms with E-state index in [4.69, 9.17) is 0 Å². The molecule has 0 saturated carbocycles. The van der Waals surface area contributed by atoms with Crippen LogP contribution in [0, 0.1) is 0 Å². The van der Waals surface area contributed by atoms with Crippen LogP contribution in [0.3, 0.4) is 0 Å². The smallest absolute Gasteiger partial charge is 0.000729 e. The van der Waals surface area contributed by atoms with E-state index in [0.717, 1.165) is 6.42 Å². The van der Waals surface area contributed by atoms with Gasteiger partial charge < -0.3 is 0 Å². The van der Waals surface area contributed by atoms with Crippen LogP contribution in [0.1, 0.15) is 28.7 Å². The van der Waals surface area contributed by atoms with Gasteiger partial charge in [-0.1, -0.05) is 60.7 Å². The van der Waals surface area contributed by atoms with Crippen molar-refractivity contribution < 1.29 is 0 Å². The van der Waals surface area contributed by atoms with Crippen LogP contribution in [0.5, 0.6) is 0 Å². The first-order valence-electron chi connectivity index (χ1n) is 8.22. The minimum absolute atomic E-state index is 1.07. The van der Waals surface area contributed by atoms with Gasteiger partial charge in [0.1, 0.15) is 0 Å². The largest absolute Gasteiger partial charge is 0.0619 e. The van der Waals surface area contributed by atoms with Gasteiger partial charge >= 0.3 is 0 Å². The summed E-state index contributed by atoms with van der Waals surface area (Å²) >= 11 is 0. The molecular formula is C22H18. The highest BCUT2D eigenvalue weighted by atomic mass is 14.2. The summed E-state index contributed by atoms with van der Waals surface area (Å²) in [5.41, 5.74) is 11.7. The molecular weight excluding hydrogens is 264 g/mol. The van der Waals surface area contributed by atoms with E-state index in [0.29, 0.717) is 0 Å². The maximum Gasteiger partial charge on any atom is -0.000729 e. The van der Waals surface area contributed by atoms with Crippen molar-refractivity contribution in [3.63, 3.8) is 0 Å². The lowest BCUT2D eigenvalue weighted by molar-refractivity contribution is 0.912. The molecule has 0 fully saturated rings. The Hall–Kier alpha value is -2.34. The first kappa shape index (κ1) is 12.2. The van der Waals surface area contributed by atoms with Crippen LogP contribution in [0.4, 0.5) is 0 Å². The van der Waals surface area contributed by atoms with Crippen molar-refractivity contribution in [2.24, 2.45) is 0 Å². The summed E-state index contributed by atoms with van der Waals surface area (Å²) in [6.45, 7) is 0. The second kappa shape index (κ2) is 4.58. The summed E-state index contributed by atoms with van der Waals surface area (Å²) in [6.07, 6.45) is 4.89. The second-order valence-electron chi connectivity index (χ2n) is 6.50. The Labute approximate surface area is 131 Å². The SMILES string of the molecule is c1ccc2c(c1)Cc1c(-c3ccc4c(c3)CCC4)cccc1-2. The normalized spacial score (nSPS) is 14.5. The number of hydrogen-bond donors (Lipinski definition) is 0. The molecule has 0 bridgehead atoms. The number of hydrogen-bond acceptors (Lipinski definition) is 0. The number of rotatable bonds is 1. The average molecular weight is 282 g/mol. The zero-order valence-electron chi connectivity index (χ0n) is 12.6.